The molecule has 3 rings (SSSR count). The third-order valence-corrected chi connectivity index (χ3v) is 3.68. The zero-order valence-corrected chi connectivity index (χ0v) is 11.7. The third kappa shape index (κ3) is 2.32. The normalized spacial score (nSPS) is 12.8. The molecule has 1 atom stereocenters. The van der Waals surface area contributed by atoms with Crippen LogP contribution in [0.2, 0.25) is 0 Å². The summed E-state index contributed by atoms with van der Waals surface area (Å²) in [4.78, 5) is 0. The molecular formula is C17H18N2O. The Morgan fingerprint density at radius 1 is 1.15 bits per heavy atom. The summed E-state index contributed by atoms with van der Waals surface area (Å²) >= 11 is 0. The maximum Gasteiger partial charge on any atom is 0.0988 e. The minimum atomic E-state index is -0.543. The molecule has 3 nitrogen and oxygen atoms in total. The topological polar surface area (TPSA) is 38.0 Å². The van der Waals surface area contributed by atoms with Crippen molar-refractivity contribution >= 4 is 10.9 Å². The van der Waals surface area contributed by atoms with Gasteiger partial charge >= 0.3 is 0 Å². The van der Waals surface area contributed by atoms with Gasteiger partial charge in [-0.1, -0.05) is 42.0 Å². The SMILES string of the molecule is Cc1ccc(C(O)Cn2ncc3ccccc32)c(C)c1. The Kier molecular flexibility index (Phi) is 3.28. The monoisotopic (exact) mass is 266 g/mol. The van der Waals surface area contributed by atoms with Crippen molar-refractivity contribution in [3.63, 3.8) is 0 Å². The number of fused-ring (bicyclic) bond motifs is 1. The van der Waals surface area contributed by atoms with E-state index in [1.807, 2.05) is 54.2 Å². The number of nitrogens with zero attached hydrogens (tertiary/aromatic N) is 2. The van der Waals surface area contributed by atoms with Crippen LogP contribution in [-0.4, -0.2) is 14.9 Å². The van der Waals surface area contributed by atoms with Crippen LogP contribution in [-0.2, 0) is 6.54 Å². The van der Waals surface area contributed by atoms with Crippen molar-refractivity contribution in [2.24, 2.45) is 0 Å². The van der Waals surface area contributed by atoms with Gasteiger partial charge in [-0.2, -0.15) is 5.10 Å². The summed E-state index contributed by atoms with van der Waals surface area (Å²) in [5.74, 6) is 0. The largest absolute Gasteiger partial charge is 0.386 e. The summed E-state index contributed by atoms with van der Waals surface area (Å²) in [7, 11) is 0. The number of aliphatic hydroxyl groups excluding tert-OH is 1. The summed E-state index contributed by atoms with van der Waals surface area (Å²) in [5.41, 5.74) is 4.35. The average molecular weight is 266 g/mol. The van der Waals surface area contributed by atoms with E-state index in [1.165, 1.54) is 5.56 Å². The van der Waals surface area contributed by atoms with Crippen LogP contribution in [0.15, 0.2) is 48.7 Å². The van der Waals surface area contributed by atoms with Crippen molar-refractivity contribution in [3.8, 4) is 0 Å². The molecule has 1 N–H and O–H groups in total. The second-order valence-electron chi connectivity index (χ2n) is 5.26. The number of aliphatic hydroxyl groups is 1. The molecule has 102 valence electrons. The Bertz CT molecular complexity index is 746. The minimum absolute atomic E-state index is 0.470. The molecule has 0 saturated heterocycles. The Morgan fingerprint density at radius 3 is 2.75 bits per heavy atom. The molecule has 0 bridgehead atoms. The summed E-state index contributed by atoms with van der Waals surface area (Å²) in [6, 6.07) is 14.2. The molecule has 0 amide bonds. The van der Waals surface area contributed by atoms with Crippen LogP contribution < -0.4 is 0 Å². The van der Waals surface area contributed by atoms with Gasteiger partial charge in [0.1, 0.15) is 0 Å². The van der Waals surface area contributed by atoms with Gasteiger partial charge in [-0.15, -0.1) is 0 Å². The first kappa shape index (κ1) is 12.9. The molecule has 0 fully saturated rings. The first-order chi connectivity index (χ1) is 9.65. The van der Waals surface area contributed by atoms with Crippen LogP contribution in [0, 0.1) is 13.8 Å². The summed E-state index contributed by atoms with van der Waals surface area (Å²) in [6.07, 6.45) is 1.29. The van der Waals surface area contributed by atoms with Crippen LogP contribution in [0.1, 0.15) is 22.8 Å². The zero-order valence-electron chi connectivity index (χ0n) is 11.7. The Labute approximate surface area is 118 Å². The van der Waals surface area contributed by atoms with Crippen LogP contribution in [0.3, 0.4) is 0 Å². The number of benzene rings is 2. The number of rotatable bonds is 3. The first-order valence-electron chi connectivity index (χ1n) is 6.81. The molecule has 0 saturated carbocycles. The predicted molar refractivity (Wildman–Crippen MR) is 80.6 cm³/mol. The summed E-state index contributed by atoms with van der Waals surface area (Å²) in [5, 5.41) is 15.9. The van der Waals surface area contributed by atoms with E-state index in [0.29, 0.717) is 6.54 Å². The van der Waals surface area contributed by atoms with Gasteiger partial charge in [0.05, 0.1) is 24.4 Å². The van der Waals surface area contributed by atoms with Crippen LogP contribution >= 0.6 is 0 Å². The quantitative estimate of drug-likeness (QED) is 0.789. The summed E-state index contributed by atoms with van der Waals surface area (Å²) < 4.78 is 1.86. The van der Waals surface area contributed by atoms with E-state index in [0.717, 1.165) is 22.0 Å². The minimum Gasteiger partial charge on any atom is -0.386 e. The number of para-hydroxylation sites is 1. The van der Waals surface area contributed by atoms with Gasteiger partial charge in [0.2, 0.25) is 0 Å². The molecule has 1 aromatic heterocycles. The smallest absolute Gasteiger partial charge is 0.0988 e. The lowest BCUT2D eigenvalue weighted by Gasteiger charge is -2.15. The van der Waals surface area contributed by atoms with Gasteiger partial charge in [0.25, 0.3) is 0 Å². The van der Waals surface area contributed by atoms with E-state index in [4.69, 9.17) is 0 Å². The molecule has 0 aliphatic rings. The Morgan fingerprint density at radius 2 is 1.95 bits per heavy atom. The molecule has 2 aromatic carbocycles. The highest BCUT2D eigenvalue weighted by Gasteiger charge is 2.13. The Hall–Kier alpha value is -2.13. The number of hydrogen-bond donors (Lipinski definition) is 1. The fourth-order valence-corrected chi connectivity index (χ4v) is 2.63. The number of aryl methyl sites for hydroxylation is 2. The summed E-state index contributed by atoms with van der Waals surface area (Å²) in [6.45, 7) is 4.56. The van der Waals surface area contributed by atoms with E-state index in [9.17, 15) is 5.11 Å². The highest BCUT2D eigenvalue weighted by molar-refractivity contribution is 5.78. The van der Waals surface area contributed by atoms with Crippen molar-refractivity contribution in [2.45, 2.75) is 26.5 Å². The highest BCUT2D eigenvalue weighted by atomic mass is 16.3. The predicted octanol–water partition coefficient (Wildman–Crippen LogP) is 3.39. The second kappa shape index (κ2) is 5.10. The second-order valence-corrected chi connectivity index (χ2v) is 5.26. The molecule has 1 unspecified atom stereocenters. The van der Waals surface area contributed by atoms with Crippen molar-refractivity contribution in [1.29, 1.82) is 0 Å². The lowest BCUT2D eigenvalue weighted by molar-refractivity contribution is 0.152. The van der Waals surface area contributed by atoms with Gasteiger partial charge in [0.15, 0.2) is 0 Å². The standard InChI is InChI=1S/C17H18N2O/c1-12-7-8-15(13(2)9-12)17(20)11-19-16-6-4-3-5-14(16)10-18-19/h3-10,17,20H,11H2,1-2H3. The van der Waals surface area contributed by atoms with Gasteiger partial charge in [0, 0.05) is 5.39 Å². The van der Waals surface area contributed by atoms with Crippen LogP contribution in [0.4, 0.5) is 0 Å². The molecule has 0 spiro atoms. The third-order valence-electron chi connectivity index (χ3n) is 3.68. The number of aromatic nitrogens is 2. The lowest BCUT2D eigenvalue weighted by Crippen LogP contribution is -2.11. The van der Waals surface area contributed by atoms with E-state index in [2.05, 4.69) is 18.1 Å². The van der Waals surface area contributed by atoms with E-state index >= 15 is 0 Å². The molecule has 3 heteroatoms. The molecule has 0 aliphatic carbocycles. The van der Waals surface area contributed by atoms with E-state index < -0.39 is 6.10 Å². The maximum absolute atomic E-state index is 10.5. The molecular weight excluding hydrogens is 248 g/mol. The fourth-order valence-electron chi connectivity index (χ4n) is 2.63. The fraction of sp³-hybridized carbons (Fsp3) is 0.235. The lowest BCUT2D eigenvalue weighted by atomic mass is 10.0. The van der Waals surface area contributed by atoms with Gasteiger partial charge in [-0.25, -0.2) is 0 Å². The van der Waals surface area contributed by atoms with Crippen molar-refractivity contribution in [2.75, 3.05) is 0 Å². The molecule has 20 heavy (non-hydrogen) atoms. The number of hydrogen-bond acceptors (Lipinski definition) is 2. The highest BCUT2D eigenvalue weighted by Crippen LogP contribution is 2.22. The van der Waals surface area contributed by atoms with Gasteiger partial charge in [-0.05, 0) is 31.0 Å². The van der Waals surface area contributed by atoms with Crippen molar-refractivity contribution < 1.29 is 5.11 Å². The average Bonchev–Trinajstić information content (AvgIpc) is 2.82. The first-order valence-corrected chi connectivity index (χ1v) is 6.81. The van der Waals surface area contributed by atoms with Crippen molar-refractivity contribution in [3.05, 3.63) is 65.4 Å². The van der Waals surface area contributed by atoms with E-state index in [-0.39, 0.29) is 0 Å². The zero-order chi connectivity index (χ0) is 14.1. The van der Waals surface area contributed by atoms with Crippen LogP contribution in [0.25, 0.3) is 10.9 Å². The van der Waals surface area contributed by atoms with Crippen molar-refractivity contribution in [1.82, 2.24) is 9.78 Å². The molecule has 0 aliphatic heterocycles. The van der Waals surface area contributed by atoms with Crippen LogP contribution in [0.5, 0.6) is 0 Å². The van der Waals surface area contributed by atoms with Gasteiger partial charge < -0.3 is 5.11 Å². The van der Waals surface area contributed by atoms with Gasteiger partial charge in [-0.3, -0.25) is 4.68 Å². The maximum atomic E-state index is 10.5. The molecule has 1 heterocycles. The van der Waals surface area contributed by atoms with E-state index in [1.54, 1.807) is 0 Å². The Balaban J connectivity index is 1.90. The molecule has 0 radical (unpaired) electrons. The molecule has 3 aromatic rings.